The lowest BCUT2D eigenvalue weighted by atomic mass is 10.0. The first-order chi connectivity index (χ1) is 16.4. The van der Waals surface area contributed by atoms with Crippen LogP contribution in [-0.2, 0) is 22.5 Å². The number of imide groups is 1. The fraction of sp³-hybridized carbons (Fsp3) is 0.240. The summed E-state index contributed by atoms with van der Waals surface area (Å²) in [5.41, 5.74) is 1.55. The van der Waals surface area contributed by atoms with Gasteiger partial charge in [0.05, 0.1) is 20.3 Å². The smallest absolute Gasteiger partial charge is 0.373 e. The van der Waals surface area contributed by atoms with Crippen molar-refractivity contribution >= 4 is 24.0 Å². The zero-order valence-corrected chi connectivity index (χ0v) is 19.1. The van der Waals surface area contributed by atoms with Crippen LogP contribution in [0.15, 0.2) is 59.7 Å². The Labute approximate surface area is 197 Å². The Kier molecular flexibility index (Phi) is 7.92. The highest BCUT2D eigenvalue weighted by atomic mass is 16.5. The molecule has 34 heavy (non-hydrogen) atoms. The molecule has 1 aliphatic rings. The molecule has 1 aromatic carbocycles. The molecule has 9 heteroatoms. The molecule has 0 unspecified atom stereocenters. The Balaban J connectivity index is 1.88. The van der Waals surface area contributed by atoms with Gasteiger partial charge in [0.15, 0.2) is 11.5 Å². The van der Waals surface area contributed by atoms with E-state index in [1.54, 1.807) is 24.3 Å². The predicted molar refractivity (Wildman–Crippen MR) is 124 cm³/mol. The van der Waals surface area contributed by atoms with Crippen molar-refractivity contribution in [1.82, 2.24) is 10.2 Å². The fourth-order valence-corrected chi connectivity index (χ4v) is 3.35. The topological polar surface area (TPSA) is 107 Å². The number of urea groups is 1. The quantitative estimate of drug-likeness (QED) is 0.232. The Morgan fingerprint density at radius 1 is 1.18 bits per heavy atom. The van der Waals surface area contributed by atoms with E-state index in [9.17, 15) is 14.4 Å². The second kappa shape index (κ2) is 11.0. The van der Waals surface area contributed by atoms with E-state index in [1.807, 2.05) is 13.0 Å². The summed E-state index contributed by atoms with van der Waals surface area (Å²) >= 11 is 0. The van der Waals surface area contributed by atoms with Crippen molar-refractivity contribution in [2.24, 2.45) is 0 Å². The SMILES string of the molecule is C=CCOc1c(CC=C)cc(/C=C2\NC(=O)N(Cc3ccc(C(=O)OC)o3)C2=O)cc1OCC. The highest BCUT2D eigenvalue weighted by Crippen LogP contribution is 2.35. The van der Waals surface area contributed by atoms with Gasteiger partial charge in [0.2, 0.25) is 5.76 Å². The van der Waals surface area contributed by atoms with Crippen LogP contribution in [0, 0.1) is 0 Å². The lowest BCUT2D eigenvalue weighted by Crippen LogP contribution is -2.30. The van der Waals surface area contributed by atoms with E-state index in [4.69, 9.17) is 13.9 Å². The minimum absolute atomic E-state index is 0.0164. The number of allylic oxidation sites excluding steroid dienone is 1. The number of hydrogen-bond donors (Lipinski definition) is 1. The maximum atomic E-state index is 12.9. The number of ether oxygens (including phenoxy) is 3. The molecule has 1 aromatic heterocycles. The molecule has 1 aliphatic heterocycles. The number of nitrogens with zero attached hydrogens (tertiary/aromatic N) is 1. The molecule has 2 aromatic rings. The standard InChI is InChI=1S/C25H26N2O7/c1-5-8-17-12-16(14-21(32-7-3)22(17)33-11-6-2)13-19-23(28)27(25(30)26-19)15-18-9-10-20(34-18)24(29)31-4/h5-6,9-10,12-14H,1-2,7-8,11,15H2,3-4H3,(H,26,30)/b19-13-. The molecule has 3 rings (SSSR count). The summed E-state index contributed by atoms with van der Waals surface area (Å²) in [6, 6.07) is 5.90. The van der Waals surface area contributed by atoms with Gasteiger partial charge < -0.3 is 23.9 Å². The Bertz CT molecular complexity index is 1150. The number of hydrogen-bond acceptors (Lipinski definition) is 7. The zero-order valence-electron chi connectivity index (χ0n) is 19.1. The van der Waals surface area contributed by atoms with Crippen molar-refractivity contribution in [3.05, 3.63) is 77.9 Å². The number of methoxy groups -OCH3 is 1. The third-order valence-electron chi connectivity index (χ3n) is 4.80. The van der Waals surface area contributed by atoms with Crippen molar-refractivity contribution in [3.63, 3.8) is 0 Å². The summed E-state index contributed by atoms with van der Waals surface area (Å²) in [6.45, 7) is 9.90. The molecule has 1 N–H and O–H groups in total. The van der Waals surface area contributed by atoms with E-state index in [0.29, 0.717) is 36.7 Å². The summed E-state index contributed by atoms with van der Waals surface area (Å²) in [5.74, 6) is 0.154. The highest BCUT2D eigenvalue weighted by Gasteiger charge is 2.34. The van der Waals surface area contributed by atoms with Gasteiger partial charge in [0.25, 0.3) is 5.91 Å². The minimum Gasteiger partial charge on any atom is -0.490 e. The summed E-state index contributed by atoms with van der Waals surface area (Å²) in [5, 5.41) is 2.57. The molecule has 1 fully saturated rings. The summed E-state index contributed by atoms with van der Waals surface area (Å²) in [4.78, 5) is 37.9. The minimum atomic E-state index is -0.648. The molecular formula is C25H26N2O7. The van der Waals surface area contributed by atoms with E-state index >= 15 is 0 Å². The van der Waals surface area contributed by atoms with Crippen molar-refractivity contribution in [2.75, 3.05) is 20.3 Å². The molecule has 9 nitrogen and oxygen atoms in total. The van der Waals surface area contributed by atoms with Gasteiger partial charge in [-0.1, -0.05) is 18.7 Å². The zero-order chi connectivity index (χ0) is 24.7. The average Bonchev–Trinajstić information content (AvgIpc) is 3.39. The molecule has 1 saturated heterocycles. The van der Waals surface area contributed by atoms with Crippen LogP contribution in [0.5, 0.6) is 11.5 Å². The van der Waals surface area contributed by atoms with E-state index in [2.05, 4.69) is 23.2 Å². The van der Waals surface area contributed by atoms with Crippen LogP contribution in [0.2, 0.25) is 0 Å². The van der Waals surface area contributed by atoms with Gasteiger partial charge in [0.1, 0.15) is 18.1 Å². The number of carbonyl (C=O) groups is 3. The molecule has 0 spiro atoms. The Hall–Kier alpha value is -4.27. The number of carbonyl (C=O) groups excluding carboxylic acids is 3. The molecule has 178 valence electrons. The van der Waals surface area contributed by atoms with Crippen molar-refractivity contribution in [2.45, 2.75) is 19.9 Å². The molecule has 0 atom stereocenters. The molecular weight excluding hydrogens is 440 g/mol. The predicted octanol–water partition coefficient (Wildman–Crippen LogP) is 3.85. The van der Waals surface area contributed by atoms with Gasteiger partial charge in [-0.25, -0.2) is 9.59 Å². The summed E-state index contributed by atoms with van der Waals surface area (Å²) in [7, 11) is 1.23. The van der Waals surface area contributed by atoms with Crippen LogP contribution in [0.25, 0.3) is 6.08 Å². The maximum Gasteiger partial charge on any atom is 0.373 e. The van der Waals surface area contributed by atoms with Crippen molar-refractivity contribution in [1.29, 1.82) is 0 Å². The van der Waals surface area contributed by atoms with Crippen LogP contribution in [0.1, 0.15) is 34.4 Å². The third kappa shape index (κ3) is 5.37. The number of amides is 3. The molecule has 3 amide bonds. The van der Waals surface area contributed by atoms with E-state index < -0.39 is 17.9 Å². The summed E-state index contributed by atoms with van der Waals surface area (Å²) in [6.07, 6.45) is 5.45. The van der Waals surface area contributed by atoms with Gasteiger partial charge in [-0.05, 0) is 49.2 Å². The maximum absolute atomic E-state index is 12.9. The van der Waals surface area contributed by atoms with Gasteiger partial charge in [-0.3, -0.25) is 9.69 Å². The molecule has 0 bridgehead atoms. The Morgan fingerprint density at radius 3 is 2.65 bits per heavy atom. The molecule has 0 aliphatic carbocycles. The highest BCUT2D eigenvalue weighted by molar-refractivity contribution is 6.13. The second-order valence-corrected chi connectivity index (χ2v) is 7.17. The number of rotatable bonds is 11. The normalized spacial score (nSPS) is 14.2. The molecule has 2 heterocycles. The largest absolute Gasteiger partial charge is 0.490 e. The number of nitrogens with one attached hydrogen (secondary N) is 1. The van der Waals surface area contributed by atoms with E-state index in [-0.39, 0.29) is 23.8 Å². The average molecular weight is 466 g/mol. The van der Waals surface area contributed by atoms with Crippen LogP contribution >= 0.6 is 0 Å². The van der Waals surface area contributed by atoms with E-state index in [0.717, 1.165) is 10.5 Å². The lowest BCUT2D eigenvalue weighted by Gasteiger charge is -2.16. The third-order valence-corrected chi connectivity index (χ3v) is 4.80. The lowest BCUT2D eigenvalue weighted by molar-refractivity contribution is -0.123. The van der Waals surface area contributed by atoms with Gasteiger partial charge >= 0.3 is 12.0 Å². The number of benzene rings is 1. The monoisotopic (exact) mass is 466 g/mol. The van der Waals surface area contributed by atoms with E-state index in [1.165, 1.54) is 19.2 Å². The van der Waals surface area contributed by atoms with Crippen LogP contribution < -0.4 is 14.8 Å². The van der Waals surface area contributed by atoms with Crippen LogP contribution in [-0.4, -0.2) is 43.1 Å². The second-order valence-electron chi connectivity index (χ2n) is 7.17. The molecule has 0 radical (unpaired) electrons. The first kappa shape index (κ1) is 24.4. The first-order valence-electron chi connectivity index (χ1n) is 10.6. The van der Waals surface area contributed by atoms with Crippen LogP contribution in [0.3, 0.4) is 0 Å². The Morgan fingerprint density at radius 2 is 1.97 bits per heavy atom. The molecule has 0 saturated carbocycles. The van der Waals surface area contributed by atoms with Crippen molar-refractivity contribution < 1.29 is 33.0 Å². The fourth-order valence-electron chi connectivity index (χ4n) is 3.35. The van der Waals surface area contributed by atoms with Gasteiger partial charge in [-0.15, -0.1) is 6.58 Å². The first-order valence-corrected chi connectivity index (χ1v) is 10.6. The number of esters is 1. The van der Waals surface area contributed by atoms with Gasteiger partial charge in [-0.2, -0.15) is 0 Å². The number of furan rings is 1. The van der Waals surface area contributed by atoms with Gasteiger partial charge in [0, 0.05) is 5.56 Å². The van der Waals surface area contributed by atoms with Crippen molar-refractivity contribution in [3.8, 4) is 11.5 Å². The summed E-state index contributed by atoms with van der Waals surface area (Å²) < 4.78 is 21.5. The van der Waals surface area contributed by atoms with Crippen LogP contribution in [0.4, 0.5) is 4.79 Å².